The SMILES string of the molecule is CCN(Cc1nc(-c2cccs2)no1)C(=O)CN(C)S(=O)(=O)c1ccccc1. The van der Waals surface area contributed by atoms with Crippen molar-refractivity contribution in [2.24, 2.45) is 0 Å². The first-order valence-electron chi connectivity index (χ1n) is 8.57. The smallest absolute Gasteiger partial charge is 0.246 e. The number of benzene rings is 1. The van der Waals surface area contributed by atoms with Crippen LogP contribution in [0.25, 0.3) is 10.7 Å². The average molecular weight is 421 g/mol. The Balaban J connectivity index is 1.67. The van der Waals surface area contributed by atoms with Gasteiger partial charge in [-0.1, -0.05) is 29.4 Å². The van der Waals surface area contributed by atoms with Crippen LogP contribution in [0.2, 0.25) is 0 Å². The number of amides is 1. The van der Waals surface area contributed by atoms with E-state index >= 15 is 0 Å². The van der Waals surface area contributed by atoms with Crippen LogP contribution in [0.5, 0.6) is 0 Å². The first-order chi connectivity index (χ1) is 13.4. The fraction of sp³-hybridized carbons (Fsp3) is 0.278. The Bertz CT molecular complexity index is 1020. The van der Waals surface area contributed by atoms with Crippen LogP contribution in [0.15, 0.2) is 57.3 Å². The van der Waals surface area contributed by atoms with E-state index in [-0.39, 0.29) is 23.9 Å². The molecule has 1 amide bonds. The molecule has 0 radical (unpaired) electrons. The fourth-order valence-electron chi connectivity index (χ4n) is 2.51. The molecule has 0 saturated heterocycles. The van der Waals surface area contributed by atoms with E-state index in [1.54, 1.807) is 25.1 Å². The molecule has 0 unspecified atom stereocenters. The third kappa shape index (κ3) is 4.46. The molecule has 3 aromatic rings. The molecule has 2 heterocycles. The Labute approximate surface area is 167 Å². The number of hydrogen-bond acceptors (Lipinski definition) is 7. The second-order valence-corrected chi connectivity index (χ2v) is 8.96. The molecule has 0 aliphatic carbocycles. The van der Waals surface area contributed by atoms with Crippen LogP contribution in [0.4, 0.5) is 0 Å². The van der Waals surface area contributed by atoms with Gasteiger partial charge in [-0.2, -0.15) is 9.29 Å². The van der Waals surface area contributed by atoms with Gasteiger partial charge in [0.15, 0.2) is 0 Å². The molecule has 0 fully saturated rings. The van der Waals surface area contributed by atoms with Gasteiger partial charge in [0.2, 0.25) is 27.6 Å². The Hall–Kier alpha value is -2.56. The van der Waals surface area contributed by atoms with Crippen molar-refractivity contribution in [1.29, 1.82) is 0 Å². The minimum Gasteiger partial charge on any atom is -0.337 e. The summed E-state index contributed by atoms with van der Waals surface area (Å²) >= 11 is 1.49. The van der Waals surface area contributed by atoms with Gasteiger partial charge in [0.05, 0.1) is 16.3 Å². The van der Waals surface area contributed by atoms with Crippen molar-refractivity contribution in [3.05, 3.63) is 53.7 Å². The highest BCUT2D eigenvalue weighted by Crippen LogP contribution is 2.21. The van der Waals surface area contributed by atoms with E-state index in [9.17, 15) is 13.2 Å². The Kier molecular flexibility index (Phi) is 6.22. The summed E-state index contributed by atoms with van der Waals surface area (Å²) in [5.41, 5.74) is 0. The molecule has 0 spiro atoms. The van der Waals surface area contributed by atoms with Crippen LogP contribution in [-0.2, 0) is 21.4 Å². The molecular formula is C18H20N4O4S2. The van der Waals surface area contributed by atoms with Gasteiger partial charge in [0.1, 0.15) is 6.54 Å². The summed E-state index contributed by atoms with van der Waals surface area (Å²) in [6, 6.07) is 11.8. The lowest BCUT2D eigenvalue weighted by atomic mass is 10.4. The topological polar surface area (TPSA) is 96.6 Å². The van der Waals surface area contributed by atoms with Crippen LogP contribution < -0.4 is 0 Å². The number of aromatic nitrogens is 2. The molecule has 28 heavy (non-hydrogen) atoms. The number of carbonyl (C=O) groups excluding carboxylic acids is 1. The molecule has 0 N–H and O–H groups in total. The van der Waals surface area contributed by atoms with Gasteiger partial charge in [-0.3, -0.25) is 4.79 Å². The van der Waals surface area contributed by atoms with E-state index in [1.165, 1.54) is 35.4 Å². The number of likely N-dealkylation sites (N-methyl/N-ethyl adjacent to an activating group) is 2. The summed E-state index contributed by atoms with van der Waals surface area (Å²) < 4.78 is 31.4. The maximum Gasteiger partial charge on any atom is 0.246 e. The number of carbonyl (C=O) groups is 1. The lowest BCUT2D eigenvalue weighted by molar-refractivity contribution is -0.132. The number of hydrogen-bond donors (Lipinski definition) is 0. The van der Waals surface area contributed by atoms with Gasteiger partial charge in [-0.25, -0.2) is 8.42 Å². The number of thiophene rings is 1. The Morgan fingerprint density at radius 2 is 1.93 bits per heavy atom. The molecule has 8 nitrogen and oxygen atoms in total. The van der Waals surface area contributed by atoms with Gasteiger partial charge < -0.3 is 9.42 Å². The minimum absolute atomic E-state index is 0.118. The molecule has 0 aliphatic heterocycles. The lowest BCUT2D eigenvalue weighted by Gasteiger charge is -2.23. The third-order valence-corrected chi connectivity index (χ3v) is 6.76. The number of nitrogens with zero attached hydrogens (tertiary/aromatic N) is 4. The van der Waals surface area contributed by atoms with Crippen LogP contribution in [-0.4, -0.2) is 53.8 Å². The maximum absolute atomic E-state index is 12.6. The van der Waals surface area contributed by atoms with E-state index in [1.807, 2.05) is 17.5 Å². The summed E-state index contributed by atoms with van der Waals surface area (Å²) in [7, 11) is -2.35. The largest absolute Gasteiger partial charge is 0.337 e. The molecule has 0 aliphatic rings. The highest BCUT2D eigenvalue weighted by molar-refractivity contribution is 7.89. The number of sulfonamides is 1. The van der Waals surface area contributed by atoms with Crippen LogP contribution >= 0.6 is 11.3 Å². The zero-order chi connectivity index (χ0) is 20.1. The molecule has 3 rings (SSSR count). The normalized spacial score (nSPS) is 11.7. The van der Waals surface area contributed by atoms with Crippen molar-refractivity contribution in [2.45, 2.75) is 18.4 Å². The van der Waals surface area contributed by atoms with Gasteiger partial charge in [0.25, 0.3) is 0 Å². The van der Waals surface area contributed by atoms with Crippen molar-refractivity contribution < 1.29 is 17.7 Å². The maximum atomic E-state index is 12.6. The van der Waals surface area contributed by atoms with Crippen LogP contribution in [0, 0.1) is 0 Å². The summed E-state index contributed by atoms with van der Waals surface area (Å²) in [5.74, 6) is 0.421. The predicted molar refractivity (Wildman–Crippen MR) is 105 cm³/mol. The van der Waals surface area contributed by atoms with E-state index in [2.05, 4.69) is 10.1 Å². The van der Waals surface area contributed by atoms with E-state index in [4.69, 9.17) is 4.52 Å². The highest BCUT2D eigenvalue weighted by atomic mass is 32.2. The molecule has 148 valence electrons. The zero-order valence-electron chi connectivity index (χ0n) is 15.5. The van der Waals surface area contributed by atoms with Gasteiger partial charge in [-0.15, -0.1) is 11.3 Å². The standard InChI is InChI=1S/C18H20N4O4S2/c1-3-22(12-16-19-18(20-26-16)15-10-7-11-27-15)17(23)13-21(2)28(24,25)14-8-5-4-6-9-14/h4-11H,3,12-13H2,1-2H3. The van der Waals surface area contributed by atoms with Gasteiger partial charge in [0, 0.05) is 13.6 Å². The molecule has 0 saturated carbocycles. The fourth-order valence-corrected chi connectivity index (χ4v) is 4.30. The van der Waals surface area contributed by atoms with Crippen molar-refractivity contribution in [2.75, 3.05) is 20.1 Å². The van der Waals surface area contributed by atoms with E-state index in [0.717, 1.165) is 9.18 Å². The van der Waals surface area contributed by atoms with Gasteiger partial charge in [-0.05, 0) is 30.5 Å². The molecule has 10 heteroatoms. The average Bonchev–Trinajstić information content (AvgIpc) is 3.38. The first kappa shape index (κ1) is 20.2. The summed E-state index contributed by atoms with van der Waals surface area (Å²) in [4.78, 5) is 19.4. The monoisotopic (exact) mass is 420 g/mol. The van der Waals surface area contributed by atoms with Crippen molar-refractivity contribution in [1.82, 2.24) is 19.3 Å². The van der Waals surface area contributed by atoms with Crippen LogP contribution in [0.3, 0.4) is 0 Å². The van der Waals surface area contributed by atoms with Crippen LogP contribution in [0.1, 0.15) is 12.8 Å². The lowest BCUT2D eigenvalue weighted by Crippen LogP contribution is -2.40. The highest BCUT2D eigenvalue weighted by Gasteiger charge is 2.25. The Morgan fingerprint density at radius 1 is 1.18 bits per heavy atom. The van der Waals surface area contributed by atoms with Gasteiger partial charge >= 0.3 is 0 Å². The second kappa shape index (κ2) is 8.63. The quantitative estimate of drug-likeness (QED) is 0.555. The molecule has 0 atom stereocenters. The Morgan fingerprint density at radius 3 is 2.57 bits per heavy atom. The third-order valence-electron chi connectivity index (χ3n) is 4.08. The zero-order valence-corrected chi connectivity index (χ0v) is 17.1. The summed E-state index contributed by atoms with van der Waals surface area (Å²) in [6.07, 6.45) is 0. The van der Waals surface area contributed by atoms with Crippen molar-refractivity contribution >= 4 is 27.3 Å². The minimum atomic E-state index is -3.74. The molecular weight excluding hydrogens is 400 g/mol. The van der Waals surface area contributed by atoms with E-state index < -0.39 is 10.0 Å². The van der Waals surface area contributed by atoms with Crippen molar-refractivity contribution in [3.8, 4) is 10.7 Å². The molecule has 0 bridgehead atoms. The van der Waals surface area contributed by atoms with Crippen molar-refractivity contribution in [3.63, 3.8) is 0 Å². The number of rotatable bonds is 8. The first-order valence-corrected chi connectivity index (χ1v) is 10.9. The summed E-state index contributed by atoms with van der Waals surface area (Å²) in [5, 5.41) is 5.84. The predicted octanol–water partition coefficient (Wildman–Crippen LogP) is 2.47. The van der Waals surface area contributed by atoms with E-state index in [0.29, 0.717) is 18.3 Å². The second-order valence-electron chi connectivity index (χ2n) is 5.97. The molecule has 2 aromatic heterocycles. The summed E-state index contributed by atoms with van der Waals surface area (Å²) in [6.45, 7) is 2.03. The molecule has 1 aromatic carbocycles.